The zero-order chi connectivity index (χ0) is 17.0. The average Bonchev–Trinajstić information content (AvgIpc) is 2.83. The first kappa shape index (κ1) is 18.3. The maximum Gasteiger partial charge on any atom is 0.308 e. The second-order valence-corrected chi connectivity index (χ2v) is 7.53. The van der Waals surface area contributed by atoms with Gasteiger partial charge in [0.15, 0.2) is 11.5 Å². The normalized spacial score (nSPS) is 15.7. The van der Waals surface area contributed by atoms with Crippen molar-refractivity contribution >= 4 is 67.7 Å². The van der Waals surface area contributed by atoms with Gasteiger partial charge in [0.05, 0.1) is 10.2 Å². The lowest BCUT2D eigenvalue weighted by Gasteiger charge is -2.12. The van der Waals surface area contributed by atoms with Crippen LogP contribution >= 0.6 is 46.1 Å². The van der Waals surface area contributed by atoms with Gasteiger partial charge in [-0.2, -0.15) is 0 Å². The minimum Gasteiger partial charge on any atom is -0.490 e. The van der Waals surface area contributed by atoms with Crippen LogP contribution in [0.5, 0.6) is 11.5 Å². The van der Waals surface area contributed by atoms with Crippen LogP contribution < -0.4 is 9.47 Å². The number of hydrogen-bond acceptors (Lipinski definition) is 7. The van der Waals surface area contributed by atoms with Crippen LogP contribution in [-0.2, 0) is 9.59 Å². The second kappa shape index (κ2) is 8.20. The molecule has 0 unspecified atom stereocenters. The van der Waals surface area contributed by atoms with Crippen molar-refractivity contribution in [2.24, 2.45) is 4.99 Å². The Hall–Kier alpha value is -1.00. The first-order valence-corrected chi connectivity index (χ1v) is 9.78. The summed E-state index contributed by atoms with van der Waals surface area (Å²) in [5.41, 5.74) is 1.17. The van der Waals surface area contributed by atoms with Gasteiger partial charge in [0.1, 0.15) is 10.1 Å². The second-order valence-electron chi connectivity index (χ2n) is 4.36. The van der Waals surface area contributed by atoms with E-state index in [9.17, 15) is 9.59 Å². The number of benzene rings is 1. The standard InChI is InChI=1S/C15H14INO4S2/c1-4-20-12-7-9(5-10(16)13(12)21-8(2)18)6-11-14(19)23-15(17-11)22-3/h5-7H,4H2,1-3H3/b11-6+. The SMILES string of the molecule is CCOc1cc(/C=C2/N=C(SC)SC2=O)cc(I)c1OC(C)=O. The zero-order valence-corrected chi connectivity index (χ0v) is 16.5. The van der Waals surface area contributed by atoms with Crippen molar-refractivity contribution in [3.63, 3.8) is 0 Å². The Labute approximate surface area is 156 Å². The van der Waals surface area contributed by atoms with E-state index in [4.69, 9.17) is 9.47 Å². The lowest BCUT2D eigenvalue weighted by Crippen LogP contribution is -2.06. The highest BCUT2D eigenvalue weighted by molar-refractivity contribution is 14.1. The average molecular weight is 463 g/mol. The third-order valence-electron chi connectivity index (χ3n) is 2.66. The summed E-state index contributed by atoms with van der Waals surface area (Å²) in [7, 11) is 0. The molecule has 2 rings (SSSR count). The quantitative estimate of drug-likeness (QED) is 0.292. The molecule has 23 heavy (non-hydrogen) atoms. The predicted molar refractivity (Wildman–Crippen MR) is 103 cm³/mol. The zero-order valence-electron chi connectivity index (χ0n) is 12.7. The molecule has 0 fully saturated rings. The minimum absolute atomic E-state index is 0.0774. The van der Waals surface area contributed by atoms with Crippen LogP contribution in [0.15, 0.2) is 22.8 Å². The van der Waals surface area contributed by atoms with E-state index in [0.29, 0.717) is 23.8 Å². The number of halogens is 1. The number of hydrogen-bond donors (Lipinski definition) is 0. The van der Waals surface area contributed by atoms with Crippen LogP contribution in [0, 0.1) is 3.57 Å². The molecule has 0 spiro atoms. The number of carbonyl (C=O) groups is 2. The topological polar surface area (TPSA) is 65.0 Å². The van der Waals surface area contributed by atoms with E-state index in [1.807, 2.05) is 19.2 Å². The fourth-order valence-corrected chi connectivity index (χ4v) is 3.81. The van der Waals surface area contributed by atoms with Crippen molar-refractivity contribution in [1.82, 2.24) is 0 Å². The van der Waals surface area contributed by atoms with Crippen LogP contribution in [-0.4, -0.2) is 28.3 Å². The smallest absolute Gasteiger partial charge is 0.308 e. The molecule has 0 saturated heterocycles. The maximum atomic E-state index is 11.9. The Morgan fingerprint density at radius 3 is 2.78 bits per heavy atom. The van der Waals surface area contributed by atoms with E-state index < -0.39 is 5.97 Å². The fraction of sp³-hybridized carbons (Fsp3) is 0.267. The Bertz CT molecular complexity index is 716. The van der Waals surface area contributed by atoms with Crippen molar-refractivity contribution in [3.05, 3.63) is 27.0 Å². The van der Waals surface area contributed by atoms with Crippen LogP contribution in [0.3, 0.4) is 0 Å². The highest BCUT2D eigenvalue weighted by Gasteiger charge is 2.22. The molecule has 0 radical (unpaired) electrons. The number of aliphatic imine (C=N–C) groups is 1. The van der Waals surface area contributed by atoms with Crippen LogP contribution in [0.2, 0.25) is 0 Å². The summed E-state index contributed by atoms with van der Waals surface area (Å²) in [5.74, 6) is 0.447. The molecule has 1 heterocycles. The number of thioether (sulfide) groups is 2. The van der Waals surface area contributed by atoms with E-state index in [2.05, 4.69) is 27.6 Å². The molecule has 0 aliphatic carbocycles. The Morgan fingerprint density at radius 1 is 1.48 bits per heavy atom. The van der Waals surface area contributed by atoms with Gasteiger partial charge in [-0.05, 0) is 71.3 Å². The summed E-state index contributed by atoms with van der Waals surface area (Å²) < 4.78 is 12.2. The van der Waals surface area contributed by atoms with E-state index in [0.717, 1.165) is 25.3 Å². The summed E-state index contributed by atoms with van der Waals surface area (Å²) in [6.45, 7) is 3.63. The summed E-state index contributed by atoms with van der Waals surface area (Å²) >= 11 is 4.64. The number of nitrogens with zero attached hydrogens (tertiary/aromatic N) is 1. The van der Waals surface area contributed by atoms with Gasteiger partial charge < -0.3 is 9.47 Å². The van der Waals surface area contributed by atoms with Gasteiger partial charge in [0.2, 0.25) is 5.12 Å². The molecule has 0 N–H and O–H groups in total. The molecule has 0 bridgehead atoms. The van der Waals surface area contributed by atoms with Crippen molar-refractivity contribution in [3.8, 4) is 11.5 Å². The van der Waals surface area contributed by atoms with Crippen molar-refractivity contribution in [2.75, 3.05) is 12.9 Å². The first-order chi connectivity index (χ1) is 10.9. The molecule has 0 atom stereocenters. The van der Waals surface area contributed by atoms with Gasteiger partial charge in [-0.25, -0.2) is 4.99 Å². The number of esters is 1. The van der Waals surface area contributed by atoms with Gasteiger partial charge >= 0.3 is 5.97 Å². The Balaban J connectivity index is 2.43. The number of rotatable bonds is 4. The molecule has 1 aromatic rings. The van der Waals surface area contributed by atoms with Crippen LogP contribution in [0.25, 0.3) is 6.08 Å². The molecule has 0 saturated carbocycles. The van der Waals surface area contributed by atoms with Crippen molar-refractivity contribution in [1.29, 1.82) is 0 Å². The summed E-state index contributed by atoms with van der Waals surface area (Å²) in [5, 5.41) is -0.0774. The monoisotopic (exact) mass is 463 g/mol. The summed E-state index contributed by atoms with van der Waals surface area (Å²) in [6, 6.07) is 3.56. The highest BCUT2D eigenvalue weighted by Crippen LogP contribution is 2.36. The van der Waals surface area contributed by atoms with E-state index in [-0.39, 0.29) is 5.12 Å². The van der Waals surface area contributed by atoms with E-state index in [1.165, 1.54) is 18.7 Å². The maximum absolute atomic E-state index is 11.9. The highest BCUT2D eigenvalue weighted by atomic mass is 127. The van der Waals surface area contributed by atoms with Crippen LogP contribution in [0.4, 0.5) is 0 Å². The van der Waals surface area contributed by atoms with Crippen molar-refractivity contribution < 1.29 is 19.1 Å². The van der Waals surface area contributed by atoms with Gasteiger partial charge in [0.25, 0.3) is 0 Å². The van der Waals surface area contributed by atoms with Gasteiger partial charge in [-0.1, -0.05) is 0 Å². The Morgan fingerprint density at radius 2 is 2.22 bits per heavy atom. The molecular weight excluding hydrogens is 449 g/mol. The minimum atomic E-state index is -0.411. The van der Waals surface area contributed by atoms with Crippen LogP contribution in [0.1, 0.15) is 19.4 Å². The molecule has 1 aliphatic heterocycles. The molecule has 8 heteroatoms. The molecule has 0 amide bonds. The number of carbonyl (C=O) groups excluding carboxylic acids is 2. The van der Waals surface area contributed by atoms with Gasteiger partial charge in [-0.15, -0.1) is 11.8 Å². The van der Waals surface area contributed by atoms with E-state index in [1.54, 1.807) is 12.1 Å². The fourth-order valence-electron chi connectivity index (χ4n) is 1.81. The molecule has 1 aromatic carbocycles. The van der Waals surface area contributed by atoms with Gasteiger partial charge in [-0.3, -0.25) is 9.59 Å². The largest absolute Gasteiger partial charge is 0.490 e. The summed E-state index contributed by atoms with van der Waals surface area (Å²) in [4.78, 5) is 27.4. The molecule has 5 nitrogen and oxygen atoms in total. The lowest BCUT2D eigenvalue weighted by atomic mass is 10.1. The third-order valence-corrected chi connectivity index (χ3v) is 5.31. The number of ether oxygens (including phenoxy) is 2. The molecule has 122 valence electrons. The van der Waals surface area contributed by atoms with Gasteiger partial charge in [0, 0.05) is 6.92 Å². The van der Waals surface area contributed by atoms with Crippen molar-refractivity contribution in [2.45, 2.75) is 13.8 Å². The Kier molecular flexibility index (Phi) is 6.54. The molecular formula is C15H14INO4S2. The summed E-state index contributed by atoms with van der Waals surface area (Å²) in [6.07, 6.45) is 3.59. The lowest BCUT2D eigenvalue weighted by molar-refractivity contribution is -0.132. The molecule has 0 aromatic heterocycles. The predicted octanol–water partition coefficient (Wildman–Crippen LogP) is 3.95. The third kappa shape index (κ3) is 4.74. The first-order valence-electron chi connectivity index (χ1n) is 6.66. The molecule has 1 aliphatic rings. The van der Waals surface area contributed by atoms with E-state index >= 15 is 0 Å².